The third-order valence-corrected chi connectivity index (χ3v) is 11.4. The zero-order valence-corrected chi connectivity index (χ0v) is 31.3. The van der Waals surface area contributed by atoms with Crippen molar-refractivity contribution in [2.75, 3.05) is 4.90 Å². The number of benzene rings is 8. The predicted molar refractivity (Wildman–Crippen MR) is 236 cm³/mol. The number of rotatable bonds is 6. The minimum atomic E-state index is 1.10. The molecule has 8 aromatic carbocycles. The lowest BCUT2D eigenvalue weighted by Gasteiger charge is -2.26. The van der Waals surface area contributed by atoms with Crippen molar-refractivity contribution < 1.29 is 0 Å². The van der Waals surface area contributed by atoms with Crippen LogP contribution in [0.2, 0.25) is 0 Å². The Labute approximate surface area is 325 Å². The highest BCUT2D eigenvalue weighted by atomic mass is 15.1. The number of aryl methyl sites for hydroxylation is 2. The average molecular weight is 719 g/mol. The smallest absolute Gasteiger partial charge is 0.0635 e. The molecule has 0 saturated carbocycles. The molecule has 0 saturated heterocycles. The van der Waals surface area contributed by atoms with Gasteiger partial charge >= 0.3 is 0 Å². The second-order valence-electron chi connectivity index (χ2n) is 14.8. The number of anilines is 3. The molecule has 0 bridgehead atoms. The van der Waals surface area contributed by atoms with E-state index >= 15 is 0 Å². The van der Waals surface area contributed by atoms with E-state index in [1.165, 1.54) is 71.3 Å². The van der Waals surface area contributed by atoms with E-state index in [2.05, 4.69) is 227 Å². The molecule has 4 nitrogen and oxygen atoms in total. The summed E-state index contributed by atoms with van der Waals surface area (Å²) in [6, 6.07) is 68.6. The molecule has 11 aromatic rings. The van der Waals surface area contributed by atoms with Crippen molar-refractivity contribution in [3.63, 3.8) is 0 Å². The molecule has 4 heteroatoms. The van der Waals surface area contributed by atoms with Crippen LogP contribution >= 0.6 is 0 Å². The first kappa shape index (κ1) is 32.2. The van der Waals surface area contributed by atoms with Crippen molar-refractivity contribution >= 4 is 71.6 Å². The van der Waals surface area contributed by atoms with Crippen LogP contribution in [0, 0.1) is 13.8 Å². The largest absolute Gasteiger partial charge is 0.316 e. The van der Waals surface area contributed by atoms with Crippen LogP contribution in [0.5, 0.6) is 0 Å². The number of hydrogen-bond donors (Lipinski definition) is 0. The second-order valence-corrected chi connectivity index (χ2v) is 14.8. The molecule has 11 rings (SSSR count). The zero-order valence-electron chi connectivity index (χ0n) is 31.3. The molecular weight excluding hydrogens is 681 g/mol. The zero-order chi connectivity index (χ0) is 37.3. The lowest BCUT2D eigenvalue weighted by Crippen LogP contribution is -2.10. The number of fused-ring (bicyclic) bond motifs is 8. The van der Waals surface area contributed by atoms with Crippen LogP contribution in [-0.2, 0) is 0 Å². The number of nitrogens with zero attached hydrogens (tertiary/aromatic N) is 4. The molecule has 56 heavy (non-hydrogen) atoms. The van der Waals surface area contributed by atoms with E-state index in [4.69, 9.17) is 0 Å². The third kappa shape index (κ3) is 5.00. The summed E-state index contributed by atoms with van der Waals surface area (Å²) >= 11 is 0. The van der Waals surface area contributed by atoms with Gasteiger partial charge in [0.2, 0.25) is 0 Å². The maximum atomic E-state index is 2.44. The SMILES string of the molecule is Cc1ccc(N(c2ccc(-n3c4ccccc4c4ccc5c(ccn5-c5ccccc5)c43)cc2)c2ccc3c(c2)c2ccccc2n3-c2ccc(C)cc2)cc1. The van der Waals surface area contributed by atoms with Crippen LogP contribution < -0.4 is 4.90 Å². The molecule has 3 heterocycles. The highest BCUT2D eigenvalue weighted by Gasteiger charge is 2.20. The van der Waals surface area contributed by atoms with Crippen molar-refractivity contribution in [3.05, 3.63) is 205 Å². The van der Waals surface area contributed by atoms with E-state index in [9.17, 15) is 0 Å². The molecule has 0 atom stereocenters. The summed E-state index contributed by atoms with van der Waals surface area (Å²) in [5.41, 5.74) is 15.3. The summed E-state index contributed by atoms with van der Waals surface area (Å²) in [5.74, 6) is 0. The van der Waals surface area contributed by atoms with Gasteiger partial charge in [0.25, 0.3) is 0 Å². The summed E-state index contributed by atoms with van der Waals surface area (Å²) < 4.78 is 7.11. The summed E-state index contributed by atoms with van der Waals surface area (Å²) in [6.07, 6.45) is 2.19. The highest BCUT2D eigenvalue weighted by Crippen LogP contribution is 2.42. The van der Waals surface area contributed by atoms with E-state index in [-0.39, 0.29) is 0 Å². The van der Waals surface area contributed by atoms with Gasteiger partial charge in [0.15, 0.2) is 0 Å². The average Bonchev–Trinajstić information content (AvgIpc) is 3.93. The molecule has 0 aliphatic rings. The first-order chi connectivity index (χ1) is 27.6. The predicted octanol–water partition coefficient (Wildman–Crippen LogP) is 13.9. The molecule has 0 aliphatic carbocycles. The van der Waals surface area contributed by atoms with Crippen LogP contribution in [-0.4, -0.2) is 13.7 Å². The number of para-hydroxylation sites is 3. The van der Waals surface area contributed by atoms with Crippen LogP contribution in [0.25, 0.3) is 71.6 Å². The molecule has 266 valence electrons. The second kappa shape index (κ2) is 12.6. The van der Waals surface area contributed by atoms with E-state index in [0.29, 0.717) is 0 Å². The fourth-order valence-electron chi connectivity index (χ4n) is 8.72. The van der Waals surface area contributed by atoms with Crippen LogP contribution in [0.4, 0.5) is 17.1 Å². The van der Waals surface area contributed by atoms with Crippen molar-refractivity contribution in [2.45, 2.75) is 13.8 Å². The summed E-state index contributed by atoms with van der Waals surface area (Å²) in [5, 5.41) is 6.20. The quantitative estimate of drug-likeness (QED) is 0.167. The Kier molecular flexibility index (Phi) is 7.26. The Hall–Kier alpha value is -7.30. The van der Waals surface area contributed by atoms with Crippen LogP contribution in [0.1, 0.15) is 11.1 Å². The monoisotopic (exact) mass is 718 g/mol. The van der Waals surface area contributed by atoms with Gasteiger partial charge in [-0.25, -0.2) is 0 Å². The fraction of sp³-hybridized carbons (Fsp3) is 0.0385. The third-order valence-electron chi connectivity index (χ3n) is 11.4. The van der Waals surface area contributed by atoms with Gasteiger partial charge in [-0.15, -0.1) is 0 Å². The van der Waals surface area contributed by atoms with Crippen molar-refractivity contribution in [1.29, 1.82) is 0 Å². The fourth-order valence-corrected chi connectivity index (χ4v) is 8.72. The molecule has 0 spiro atoms. The van der Waals surface area contributed by atoms with Crippen molar-refractivity contribution in [2.24, 2.45) is 0 Å². The standard InChI is InChI=1S/C52H38N4/c1-35-16-20-38(21-17-35)54(42-28-30-51-47(34-42)44-13-7-8-14-49(44)55(51)40-22-18-36(2)19-23-40)39-24-26-41(27-25-39)56-50-15-9-6-12-43(50)45-29-31-48-46(52(45)56)32-33-53(48)37-10-4-3-5-11-37/h3-34H,1-2H3. The Morgan fingerprint density at radius 3 is 1.57 bits per heavy atom. The lowest BCUT2D eigenvalue weighted by molar-refractivity contribution is 1.13. The first-order valence-corrected chi connectivity index (χ1v) is 19.3. The van der Waals surface area contributed by atoms with Gasteiger partial charge in [-0.2, -0.15) is 0 Å². The molecule has 0 fully saturated rings. The molecule has 3 aromatic heterocycles. The molecular formula is C52H38N4. The van der Waals surface area contributed by atoms with E-state index in [0.717, 1.165) is 28.4 Å². The Bertz CT molecular complexity index is 3230. The molecule has 0 amide bonds. The number of aromatic nitrogens is 3. The molecule has 0 unspecified atom stereocenters. The molecule has 0 N–H and O–H groups in total. The van der Waals surface area contributed by atoms with Gasteiger partial charge in [-0.05, 0) is 117 Å². The first-order valence-electron chi connectivity index (χ1n) is 19.3. The topological polar surface area (TPSA) is 18.0 Å². The lowest BCUT2D eigenvalue weighted by atomic mass is 10.1. The van der Waals surface area contributed by atoms with E-state index in [1.807, 2.05) is 0 Å². The Morgan fingerprint density at radius 1 is 0.339 bits per heavy atom. The van der Waals surface area contributed by atoms with E-state index in [1.54, 1.807) is 0 Å². The Morgan fingerprint density at radius 2 is 0.857 bits per heavy atom. The molecule has 0 radical (unpaired) electrons. The van der Waals surface area contributed by atoms with Crippen molar-refractivity contribution in [1.82, 2.24) is 13.7 Å². The van der Waals surface area contributed by atoms with Gasteiger partial charge in [0.05, 0.1) is 27.6 Å². The van der Waals surface area contributed by atoms with Gasteiger partial charge in [-0.1, -0.05) is 96.1 Å². The highest BCUT2D eigenvalue weighted by molar-refractivity contribution is 6.18. The summed E-state index contributed by atoms with van der Waals surface area (Å²) in [6.45, 7) is 4.28. The normalized spacial score (nSPS) is 11.8. The summed E-state index contributed by atoms with van der Waals surface area (Å²) in [7, 11) is 0. The molecule has 0 aliphatic heterocycles. The number of hydrogen-bond acceptors (Lipinski definition) is 1. The van der Waals surface area contributed by atoms with Gasteiger partial charge in [0.1, 0.15) is 0 Å². The van der Waals surface area contributed by atoms with E-state index < -0.39 is 0 Å². The maximum absolute atomic E-state index is 2.44. The van der Waals surface area contributed by atoms with Crippen LogP contribution in [0.15, 0.2) is 194 Å². The minimum absolute atomic E-state index is 1.10. The Balaban J connectivity index is 1.08. The van der Waals surface area contributed by atoms with Crippen molar-refractivity contribution in [3.8, 4) is 17.1 Å². The minimum Gasteiger partial charge on any atom is -0.316 e. The van der Waals surface area contributed by atoms with Gasteiger partial charge in [-0.3, -0.25) is 0 Å². The van der Waals surface area contributed by atoms with Gasteiger partial charge < -0.3 is 18.6 Å². The van der Waals surface area contributed by atoms with Gasteiger partial charge in [0, 0.05) is 67.3 Å². The van der Waals surface area contributed by atoms with Crippen LogP contribution in [0.3, 0.4) is 0 Å². The maximum Gasteiger partial charge on any atom is 0.0635 e. The summed E-state index contributed by atoms with van der Waals surface area (Å²) in [4.78, 5) is 2.38.